The van der Waals surface area contributed by atoms with Crippen LogP contribution in [0, 0.1) is 6.92 Å². The molecule has 24 heavy (non-hydrogen) atoms. The first-order valence-corrected chi connectivity index (χ1v) is 8.04. The molecule has 1 N–H and O–H groups in total. The zero-order valence-electron chi connectivity index (χ0n) is 13.4. The Balaban J connectivity index is 1.70. The first kappa shape index (κ1) is 15.0. The summed E-state index contributed by atoms with van der Waals surface area (Å²) in [5.41, 5.74) is 2.19. The average molecular weight is 326 g/mol. The topological polar surface area (TPSA) is 79.7 Å². The van der Waals surface area contributed by atoms with E-state index < -0.39 is 5.97 Å². The molecule has 1 saturated heterocycles. The van der Waals surface area contributed by atoms with Crippen LogP contribution >= 0.6 is 0 Å². The van der Waals surface area contributed by atoms with Gasteiger partial charge in [-0.3, -0.25) is 4.90 Å². The van der Waals surface area contributed by atoms with Crippen LogP contribution in [0.4, 0.5) is 0 Å². The lowest BCUT2D eigenvalue weighted by atomic mass is 10.1. The highest BCUT2D eigenvalue weighted by atomic mass is 16.5. The number of rotatable bonds is 4. The lowest BCUT2D eigenvalue weighted by molar-refractivity contribution is 0.0661. The number of aromatic carboxylic acids is 1. The molecule has 1 aromatic carbocycles. The summed E-state index contributed by atoms with van der Waals surface area (Å²) in [5.74, 6) is -0.169. The van der Waals surface area contributed by atoms with Crippen molar-refractivity contribution in [1.29, 1.82) is 0 Å². The highest BCUT2D eigenvalue weighted by molar-refractivity contribution is 5.95. The Labute approximate surface area is 138 Å². The Morgan fingerprint density at radius 3 is 3.00 bits per heavy atom. The fourth-order valence-electron chi connectivity index (χ4n) is 3.51. The summed E-state index contributed by atoms with van der Waals surface area (Å²) in [4.78, 5) is 13.8. The van der Waals surface area contributed by atoms with Crippen LogP contribution in [-0.2, 0) is 6.54 Å². The molecule has 4 rings (SSSR count). The van der Waals surface area contributed by atoms with Gasteiger partial charge < -0.3 is 14.0 Å². The van der Waals surface area contributed by atoms with Crippen molar-refractivity contribution in [3.8, 4) is 0 Å². The Hall–Kier alpha value is -2.60. The SMILES string of the molecule is Cc1cc(C2CCCN2Cc2c(C(=O)O)oc3ccccc23)on1. The van der Waals surface area contributed by atoms with Crippen molar-refractivity contribution in [1.82, 2.24) is 10.1 Å². The van der Waals surface area contributed by atoms with Gasteiger partial charge in [-0.2, -0.15) is 0 Å². The standard InChI is InChI=1S/C18H18N2O4/c1-11-9-16(24-19-11)14-6-4-8-20(14)10-13-12-5-2-3-7-15(12)23-17(13)18(21)22/h2-3,5,7,9,14H,4,6,8,10H2,1H3,(H,21,22). The van der Waals surface area contributed by atoms with Crippen LogP contribution in [-0.4, -0.2) is 27.7 Å². The predicted molar refractivity (Wildman–Crippen MR) is 86.8 cm³/mol. The second-order valence-corrected chi connectivity index (χ2v) is 6.21. The van der Waals surface area contributed by atoms with Crippen LogP contribution in [0.3, 0.4) is 0 Å². The smallest absolute Gasteiger partial charge is 0.372 e. The largest absolute Gasteiger partial charge is 0.475 e. The lowest BCUT2D eigenvalue weighted by Crippen LogP contribution is -2.23. The summed E-state index contributed by atoms with van der Waals surface area (Å²) in [6, 6.07) is 9.53. The van der Waals surface area contributed by atoms with E-state index in [-0.39, 0.29) is 11.8 Å². The fourth-order valence-corrected chi connectivity index (χ4v) is 3.51. The highest BCUT2D eigenvalue weighted by Gasteiger charge is 2.31. The minimum absolute atomic E-state index is 0.0237. The number of likely N-dealkylation sites (tertiary alicyclic amines) is 1. The molecule has 6 nitrogen and oxygen atoms in total. The molecule has 1 atom stereocenters. The number of aryl methyl sites for hydroxylation is 1. The van der Waals surface area contributed by atoms with E-state index >= 15 is 0 Å². The number of nitrogens with zero attached hydrogens (tertiary/aromatic N) is 2. The van der Waals surface area contributed by atoms with Gasteiger partial charge in [-0.25, -0.2) is 4.79 Å². The maximum absolute atomic E-state index is 11.6. The number of para-hydroxylation sites is 1. The van der Waals surface area contributed by atoms with Crippen LogP contribution in [0.2, 0.25) is 0 Å². The van der Waals surface area contributed by atoms with Crippen molar-refractivity contribution in [3.63, 3.8) is 0 Å². The zero-order chi connectivity index (χ0) is 16.7. The molecule has 124 valence electrons. The molecule has 0 saturated carbocycles. The molecule has 2 aromatic heterocycles. The molecule has 1 aliphatic rings. The van der Waals surface area contributed by atoms with Gasteiger partial charge in [0.2, 0.25) is 5.76 Å². The van der Waals surface area contributed by atoms with Crippen molar-refractivity contribution in [2.75, 3.05) is 6.54 Å². The Kier molecular flexibility index (Phi) is 3.61. The van der Waals surface area contributed by atoms with Crippen LogP contribution in [0.1, 0.15) is 46.5 Å². The van der Waals surface area contributed by atoms with Gasteiger partial charge in [0.1, 0.15) is 5.58 Å². The molecule has 0 radical (unpaired) electrons. The number of hydrogen-bond donors (Lipinski definition) is 1. The van der Waals surface area contributed by atoms with E-state index in [1.807, 2.05) is 31.2 Å². The Bertz CT molecular complexity index is 895. The van der Waals surface area contributed by atoms with Gasteiger partial charge in [0.15, 0.2) is 5.76 Å². The Morgan fingerprint density at radius 1 is 1.42 bits per heavy atom. The molecule has 3 heterocycles. The second-order valence-electron chi connectivity index (χ2n) is 6.21. The number of aromatic nitrogens is 1. The van der Waals surface area contributed by atoms with E-state index in [0.717, 1.165) is 41.8 Å². The monoisotopic (exact) mass is 326 g/mol. The van der Waals surface area contributed by atoms with Gasteiger partial charge in [0.05, 0.1) is 11.7 Å². The number of carboxylic acids is 1. The fraction of sp³-hybridized carbons (Fsp3) is 0.333. The molecule has 0 spiro atoms. The molecular formula is C18H18N2O4. The van der Waals surface area contributed by atoms with E-state index in [1.165, 1.54) is 0 Å². The molecule has 1 fully saturated rings. The van der Waals surface area contributed by atoms with Crippen molar-refractivity contribution >= 4 is 16.9 Å². The number of fused-ring (bicyclic) bond motifs is 1. The number of carbonyl (C=O) groups is 1. The number of hydrogen-bond acceptors (Lipinski definition) is 5. The van der Waals surface area contributed by atoms with Crippen molar-refractivity contribution in [2.24, 2.45) is 0 Å². The van der Waals surface area contributed by atoms with E-state index in [9.17, 15) is 9.90 Å². The molecule has 1 unspecified atom stereocenters. The molecule has 3 aromatic rings. The third kappa shape index (κ3) is 2.49. The van der Waals surface area contributed by atoms with E-state index in [2.05, 4.69) is 10.1 Å². The summed E-state index contributed by atoms with van der Waals surface area (Å²) < 4.78 is 11.0. The van der Waals surface area contributed by atoms with Crippen molar-refractivity contribution < 1.29 is 18.8 Å². The maximum Gasteiger partial charge on any atom is 0.372 e. The van der Waals surface area contributed by atoms with E-state index in [1.54, 1.807) is 6.07 Å². The number of benzene rings is 1. The third-order valence-electron chi connectivity index (χ3n) is 4.59. The molecule has 1 aliphatic heterocycles. The molecule has 0 bridgehead atoms. The predicted octanol–water partition coefficient (Wildman–Crippen LogP) is 3.76. The van der Waals surface area contributed by atoms with Gasteiger partial charge in [0, 0.05) is 23.6 Å². The van der Waals surface area contributed by atoms with Crippen LogP contribution in [0.25, 0.3) is 11.0 Å². The first-order valence-electron chi connectivity index (χ1n) is 8.04. The molecule has 6 heteroatoms. The van der Waals surface area contributed by atoms with Gasteiger partial charge in [-0.1, -0.05) is 23.4 Å². The van der Waals surface area contributed by atoms with E-state index in [4.69, 9.17) is 8.94 Å². The van der Waals surface area contributed by atoms with Crippen LogP contribution < -0.4 is 0 Å². The minimum Gasteiger partial charge on any atom is -0.475 e. The van der Waals surface area contributed by atoms with Crippen LogP contribution in [0.15, 0.2) is 39.3 Å². The zero-order valence-corrected chi connectivity index (χ0v) is 13.4. The minimum atomic E-state index is -1.03. The van der Waals surface area contributed by atoms with Gasteiger partial charge in [-0.05, 0) is 32.4 Å². The van der Waals surface area contributed by atoms with Gasteiger partial charge >= 0.3 is 5.97 Å². The first-order chi connectivity index (χ1) is 11.6. The normalized spacial score (nSPS) is 18.5. The summed E-state index contributed by atoms with van der Waals surface area (Å²) in [5, 5.41) is 14.3. The number of furan rings is 1. The van der Waals surface area contributed by atoms with Crippen molar-refractivity contribution in [2.45, 2.75) is 32.4 Å². The third-order valence-corrected chi connectivity index (χ3v) is 4.59. The Morgan fingerprint density at radius 2 is 2.25 bits per heavy atom. The summed E-state index contributed by atoms with van der Waals surface area (Å²) in [6.07, 6.45) is 2.02. The second kappa shape index (κ2) is 5.79. The van der Waals surface area contributed by atoms with Gasteiger partial charge in [0.25, 0.3) is 0 Å². The number of carboxylic acid groups (broad SMARTS) is 1. The van der Waals surface area contributed by atoms with Crippen molar-refractivity contribution in [3.05, 3.63) is 53.1 Å². The quantitative estimate of drug-likeness (QED) is 0.786. The lowest BCUT2D eigenvalue weighted by Gasteiger charge is -2.22. The van der Waals surface area contributed by atoms with Gasteiger partial charge in [-0.15, -0.1) is 0 Å². The summed E-state index contributed by atoms with van der Waals surface area (Å²) in [6.45, 7) is 3.31. The highest BCUT2D eigenvalue weighted by Crippen LogP contribution is 2.36. The van der Waals surface area contributed by atoms with Crippen LogP contribution in [0.5, 0.6) is 0 Å². The maximum atomic E-state index is 11.6. The molecule has 0 aliphatic carbocycles. The summed E-state index contributed by atoms with van der Waals surface area (Å²) in [7, 11) is 0. The summed E-state index contributed by atoms with van der Waals surface area (Å²) >= 11 is 0. The average Bonchev–Trinajstić information content (AvgIpc) is 3.26. The van der Waals surface area contributed by atoms with E-state index in [0.29, 0.717) is 12.1 Å². The molecule has 0 amide bonds. The molecular weight excluding hydrogens is 308 g/mol.